The smallest absolute Gasteiger partial charge is 0.305 e. The van der Waals surface area contributed by atoms with E-state index in [1.165, 1.54) is 7.11 Å². The van der Waals surface area contributed by atoms with Gasteiger partial charge in [-0.1, -0.05) is 84.2 Å². The number of benzene rings is 1. The number of aromatic nitrogens is 1. The monoisotopic (exact) mass is 527 g/mol. The molecule has 2 rings (SSSR count). The van der Waals surface area contributed by atoms with Crippen LogP contribution in [-0.2, 0) is 14.0 Å². The van der Waals surface area contributed by atoms with Gasteiger partial charge in [-0.05, 0) is 60.8 Å². The normalized spacial score (nSPS) is 15.2. The summed E-state index contributed by atoms with van der Waals surface area (Å²) in [5.74, 6) is -0.0439. The van der Waals surface area contributed by atoms with Gasteiger partial charge in [0.15, 0.2) is 8.32 Å². The maximum absolute atomic E-state index is 11.7. The highest BCUT2D eigenvalue weighted by Crippen LogP contribution is 2.39. The van der Waals surface area contributed by atoms with Crippen molar-refractivity contribution in [3.8, 4) is 0 Å². The molecule has 0 amide bonds. The van der Waals surface area contributed by atoms with E-state index < -0.39 is 14.4 Å². The summed E-state index contributed by atoms with van der Waals surface area (Å²) in [6.07, 6.45) is 9.51. The number of fused-ring (bicyclic) bond motifs is 1. The highest BCUT2D eigenvalue weighted by molar-refractivity contribution is 6.74. The average molecular weight is 528 g/mol. The fourth-order valence-electron chi connectivity index (χ4n) is 4.22. The third-order valence-electron chi connectivity index (χ3n) is 7.69. The SMILES string of the molecule is CCCCC[C@@H](O)c1nc(/C=C/[C@@H](C)[C@H](CCCC(=O)OC)O[Si](C)(C)C(C)(C)C)cc2ccccc12. The van der Waals surface area contributed by atoms with Crippen molar-refractivity contribution in [1.82, 2.24) is 4.98 Å². The van der Waals surface area contributed by atoms with Gasteiger partial charge in [0, 0.05) is 11.8 Å². The Balaban J connectivity index is 2.30. The van der Waals surface area contributed by atoms with Crippen LogP contribution in [0.1, 0.15) is 97.1 Å². The Morgan fingerprint density at radius 3 is 2.49 bits per heavy atom. The van der Waals surface area contributed by atoms with E-state index in [0.717, 1.165) is 60.7 Å². The van der Waals surface area contributed by atoms with Gasteiger partial charge in [-0.25, -0.2) is 0 Å². The van der Waals surface area contributed by atoms with E-state index >= 15 is 0 Å². The molecule has 37 heavy (non-hydrogen) atoms. The Labute approximate surface area is 225 Å². The van der Waals surface area contributed by atoms with Crippen molar-refractivity contribution < 1.29 is 19.1 Å². The first-order valence-corrected chi connectivity index (χ1v) is 16.8. The van der Waals surface area contributed by atoms with Gasteiger partial charge in [0.05, 0.1) is 30.7 Å². The fourth-order valence-corrected chi connectivity index (χ4v) is 5.66. The van der Waals surface area contributed by atoms with Crippen LogP contribution in [0.15, 0.2) is 36.4 Å². The predicted molar refractivity (Wildman–Crippen MR) is 157 cm³/mol. The zero-order valence-corrected chi connectivity index (χ0v) is 25.3. The lowest BCUT2D eigenvalue weighted by Gasteiger charge is -2.40. The molecule has 0 aliphatic heterocycles. The number of rotatable bonds is 14. The van der Waals surface area contributed by atoms with Crippen molar-refractivity contribution in [1.29, 1.82) is 0 Å². The molecule has 206 valence electrons. The number of carbonyl (C=O) groups is 1. The minimum Gasteiger partial charge on any atom is -0.469 e. The first-order chi connectivity index (χ1) is 17.4. The van der Waals surface area contributed by atoms with Gasteiger partial charge in [0.2, 0.25) is 0 Å². The quantitative estimate of drug-likeness (QED) is 0.152. The summed E-state index contributed by atoms with van der Waals surface area (Å²) in [6, 6.07) is 10.2. The van der Waals surface area contributed by atoms with Gasteiger partial charge >= 0.3 is 5.97 Å². The van der Waals surface area contributed by atoms with E-state index in [1.54, 1.807) is 0 Å². The predicted octanol–water partition coefficient (Wildman–Crippen LogP) is 8.23. The third kappa shape index (κ3) is 9.34. The van der Waals surface area contributed by atoms with Crippen molar-refractivity contribution in [2.75, 3.05) is 7.11 Å². The third-order valence-corrected chi connectivity index (χ3v) is 12.2. The van der Waals surface area contributed by atoms with Gasteiger partial charge < -0.3 is 14.3 Å². The number of hydrogen-bond acceptors (Lipinski definition) is 5. The number of aliphatic hydroxyl groups is 1. The number of unbranched alkanes of at least 4 members (excludes halogenated alkanes) is 2. The van der Waals surface area contributed by atoms with Crippen molar-refractivity contribution in [2.45, 2.75) is 110 Å². The summed E-state index contributed by atoms with van der Waals surface area (Å²) in [4.78, 5) is 16.6. The first kappa shape index (κ1) is 31.2. The lowest BCUT2D eigenvalue weighted by molar-refractivity contribution is -0.140. The van der Waals surface area contributed by atoms with Crippen LogP contribution in [0.25, 0.3) is 16.8 Å². The van der Waals surface area contributed by atoms with E-state index in [9.17, 15) is 9.90 Å². The van der Waals surface area contributed by atoms with Crippen LogP contribution < -0.4 is 0 Å². The molecule has 0 radical (unpaired) electrons. The maximum Gasteiger partial charge on any atom is 0.305 e. The van der Waals surface area contributed by atoms with Crippen LogP contribution >= 0.6 is 0 Å². The molecule has 3 atom stereocenters. The minimum absolute atomic E-state index is 0.00126. The van der Waals surface area contributed by atoms with Gasteiger partial charge in [0.1, 0.15) is 0 Å². The number of hydrogen-bond donors (Lipinski definition) is 1. The van der Waals surface area contributed by atoms with Crippen molar-refractivity contribution in [3.63, 3.8) is 0 Å². The summed E-state index contributed by atoms with van der Waals surface area (Å²) >= 11 is 0. The van der Waals surface area contributed by atoms with Crippen LogP contribution in [0, 0.1) is 5.92 Å². The number of pyridine rings is 1. The van der Waals surface area contributed by atoms with Gasteiger partial charge in [0.25, 0.3) is 0 Å². The van der Waals surface area contributed by atoms with Gasteiger partial charge in [-0.3, -0.25) is 9.78 Å². The second-order valence-corrected chi connectivity index (χ2v) is 16.5. The Hall–Kier alpha value is -2.02. The Morgan fingerprint density at radius 1 is 1.14 bits per heavy atom. The molecule has 0 fully saturated rings. The number of aliphatic hydroxyl groups excluding tert-OH is 1. The topological polar surface area (TPSA) is 68.7 Å². The highest BCUT2D eigenvalue weighted by Gasteiger charge is 2.39. The zero-order valence-electron chi connectivity index (χ0n) is 24.3. The standard InChI is InChI=1S/C31H49NO4Si/c1-9-10-11-17-27(33)30-26-16-13-12-15-24(26)22-25(32-30)21-20-23(2)28(18-14-19-29(34)35-6)36-37(7,8)31(3,4)5/h12-13,15-16,20-23,27-28,33H,9-11,14,17-19H2,1-8H3/b21-20+/t23-,27-,28+/m1/s1. The number of methoxy groups -OCH3 is 1. The number of esters is 1. The molecule has 0 aliphatic rings. The molecule has 1 aromatic carbocycles. The van der Waals surface area contributed by atoms with Crippen LogP contribution in [-0.4, -0.2) is 37.6 Å². The molecular formula is C31H49NO4Si. The van der Waals surface area contributed by atoms with E-state index in [1.807, 2.05) is 18.2 Å². The Kier molecular flexibility index (Phi) is 12.0. The van der Waals surface area contributed by atoms with E-state index in [2.05, 4.69) is 72.0 Å². The molecule has 1 N–H and O–H groups in total. The molecule has 0 aliphatic carbocycles. The molecular weight excluding hydrogens is 478 g/mol. The summed E-state index contributed by atoms with van der Waals surface area (Å²) in [5, 5.41) is 13.2. The number of ether oxygens (including phenoxy) is 1. The minimum atomic E-state index is -2.00. The highest BCUT2D eigenvalue weighted by atomic mass is 28.4. The van der Waals surface area contributed by atoms with Crippen LogP contribution in [0.2, 0.25) is 18.1 Å². The van der Waals surface area contributed by atoms with Crippen LogP contribution in [0.3, 0.4) is 0 Å². The van der Waals surface area contributed by atoms with E-state index in [4.69, 9.17) is 14.1 Å². The summed E-state index contributed by atoms with van der Waals surface area (Å²) in [5.41, 5.74) is 1.60. The molecule has 0 bridgehead atoms. The molecule has 5 nitrogen and oxygen atoms in total. The largest absolute Gasteiger partial charge is 0.469 e. The van der Waals surface area contributed by atoms with E-state index in [0.29, 0.717) is 6.42 Å². The second kappa shape index (κ2) is 14.2. The molecule has 0 saturated heterocycles. The van der Waals surface area contributed by atoms with Crippen LogP contribution in [0.5, 0.6) is 0 Å². The summed E-state index contributed by atoms with van der Waals surface area (Å²) < 4.78 is 11.7. The molecule has 1 heterocycles. The maximum atomic E-state index is 11.7. The Bertz CT molecular complexity index is 1030. The molecule has 0 spiro atoms. The lowest BCUT2D eigenvalue weighted by atomic mass is 9.98. The average Bonchev–Trinajstić information content (AvgIpc) is 2.85. The summed E-state index contributed by atoms with van der Waals surface area (Å²) in [7, 11) is -0.566. The van der Waals surface area contributed by atoms with Crippen molar-refractivity contribution in [3.05, 3.63) is 47.8 Å². The number of carbonyl (C=O) groups excluding carboxylic acids is 1. The first-order valence-electron chi connectivity index (χ1n) is 13.9. The molecule has 0 unspecified atom stereocenters. The van der Waals surface area contributed by atoms with Gasteiger partial charge in [-0.15, -0.1) is 0 Å². The molecule has 1 aromatic heterocycles. The Morgan fingerprint density at radius 2 is 1.84 bits per heavy atom. The van der Waals surface area contributed by atoms with Crippen molar-refractivity contribution >= 4 is 31.1 Å². The summed E-state index contributed by atoms with van der Waals surface area (Å²) in [6.45, 7) is 15.6. The zero-order chi connectivity index (χ0) is 27.6. The molecule has 6 heteroatoms. The van der Waals surface area contributed by atoms with Crippen molar-refractivity contribution in [2.24, 2.45) is 5.92 Å². The van der Waals surface area contributed by atoms with Gasteiger partial charge in [-0.2, -0.15) is 0 Å². The van der Waals surface area contributed by atoms with E-state index in [-0.39, 0.29) is 23.0 Å². The lowest BCUT2D eigenvalue weighted by Crippen LogP contribution is -2.45. The second-order valence-electron chi connectivity index (χ2n) is 11.8. The molecule has 0 saturated carbocycles. The van der Waals surface area contributed by atoms with Crippen LogP contribution in [0.4, 0.5) is 0 Å². The number of nitrogens with zero attached hydrogens (tertiary/aromatic N) is 1. The molecule has 2 aromatic rings. The fraction of sp³-hybridized carbons (Fsp3) is 0.613.